The molecule has 0 fully saturated rings. The maximum atomic E-state index is 13.8. The van der Waals surface area contributed by atoms with Crippen LogP contribution in [0.25, 0.3) is 5.82 Å². The number of benzene rings is 1. The number of likely N-dealkylation sites (N-methyl/N-ethyl adjacent to an activating group) is 1. The number of aromatic nitrogens is 4. The van der Waals surface area contributed by atoms with E-state index in [1.165, 1.54) is 26.3 Å². The van der Waals surface area contributed by atoms with Crippen molar-refractivity contribution in [3.63, 3.8) is 0 Å². The van der Waals surface area contributed by atoms with Crippen molar-refractivity contribution in [1.82, 2.24) is 24.9 Å². The summed E-state index contributed by atoms with van der Waals surface area (Å²) in [4.78, 5) is 13.9. The number of nitrogens with zero attached hydrogens (tertiary/aromatic N) is 5. The van der Waals surface area contributed by atoms with Gasteiger partial charge in [-0.1, -0.05) is 18.2 Å². The Balaban J connectivity index is 1.79. The Morgan fingerprint density at radius 3 is 2.52 bits per heavy atom. The Morgan fingerprint density at radius 1 is 1.16 bits per heavy atom. The number of methoxy groups -OCH3 is 1. The number of carbonyl (C=O) groups is 1. The first-order chi connectivity index (χ1) is 14.7. The van der Waals surface area contributed by atoms with E-state index in [2.05, 4.69) is 15.3 Å². The van der Waals surface area contributed by atoms with E-state index in [9.17, 15) is 18.0 Å². The fourth-order valence-corrected chi connectivity index (χ4v) is 2.80. The minimum Gasteiger partial charge on any atom is -0.491 e. The smallest absolute Gasteiger partial charge is 0.434 e. The number of para-hydroxylation sites is 1. The molecule has 0 aliphatic carbocycles. The number of ether oxygens (including phenoxy) is 2. The fourth-order valence-electron chi connectivity index (χ4n) is 2.80. The zero-order valence-electron chi connectivity index (χ0n) is 17.1. The third kappa shape index (κ3) is 4.93. The number of halogens is 3. The zero-order valence-corrected chi connectivity index (χ0v) is 17.1. The average Bonchev–Trinajstić information content (AvgIpc) is 3.20. The van der Waals surface area contributed by atoms with E-state index in [1.54, 1.807) is 6.07 Å². The molecule has 0 aliphatic heterocycles. The van der Waals surface area contributed by atoms with Crippen LogP contribution in [0.4, 0.5) is 13.2 Å². The quantitative estimate of drug-likeness (QED) is 0.567. The number of alkyl halides is 3. The summed E-state index contributed by atoms with van der Waals surface area (Å²) >= 11 is 0. The predicted molar refractivity (Wildman–Crippen MR) is 104 cm³/mol. The number of hydrogen-bond acceptors (Lipinski definition) is 6. The second-order valence-electron chi connectivity index (χ2n) is 6.59. The molecule has 0 N–H and O–H groups in total. The van der Waals surface area contributed by atoms with Crippen molar-refractivity contribution in [1.29, 1.82) is 0 Å². The van der Waals surface area contributed by atoms with Crippen LogP contribution in [-0.4, -0.2) is 58.1 Å². The van der Waals surface area contributed by atoms with Crippen LogP contribution in [0, 0.1) is 6.92 Å². The number of hydrogen-bond donors (Lipinski definition) is 0. The van der Waals surface area contributed by atoms with Gasteiger partial charge in [-0.15, -0.1) is 10.2 Å². The standard InChI is InChI=1S/C20H20F3N5O3/c1-13-6-4-5-7-15(13)31-11-10-27(2)19(29)14-12-24-28(18(14)20(21,22)23)16-8-9-17(30-3)26-25-16/h4-9,12H,10-11H2,1-3H3. The molecule has 0 atom stereocenters. The number of aryl methyl sites for hydroxylation is 1. The molecule has 0 saturated carbocycles. The predicted octanol–water partition coefficient (Wildman–Crippen LogP) is 3.15. The second-order valence-corrected chi connectivity index (χ2v) is 6.59. The van der Waals surface area contributed by atoms with Gasteiger partial charge < -0.3 is 14.4 Å². The lowest BCUT2D eigenvalue weighted by atomic mass is 10.2. The summed E-state index contributed by atoms with van der Waals surface area (Å²) in [5, 5.41) is 11.1. The molecule has 0 unspecified atom stereocenters. The highest BCUT2D eigenvalue weighted by atomic mass is 19.4. The van der Waals surface area contributed by atoms with E-state index < -0.39 is 23.3 Å². The second kappa shape index (κ2) is 9.02. The molecular formula is C20H20F3N5O3. The molecule has 0 radical (unpaired) electrons. The van der Waals surface area contributed by atoms with Gasteiger partial charge in [0.15, 0.2) is 11.5 Å². The van der Waals surface area contributed by atoms with Gasteiger partial charge in [-0.2, -0.15) is 18.3 Å². The molecule has 164 valence electrons. The van der Waals surface area contributed by atoms with Crippen molar-refractivity contribution >= 4 is 5.91 Å². The lowest BCUT2D eigenvalue weighted by molar-refractivity contribution is -0.143. The highest BCUT2D eigenvalue weighted by Crippen LogP contribution is 2.33. The number of carbonyl (C=O) groups excluding carboxylic acids is 1. The molecule has 3 rings (SSSR count). The lowest BCUT2D eigenvalue weighted by Crippen LogP contribution is -2.32. The molecule has 2 aromatic heterocycles. The van der Waals surface area contributed by atoms with E-state index in [0.717, 1.165) is 16.7 Å². The summed E-state index contributed by atoms with van der Waals surface area (Å²) in [5.74, 6) is -0.259. The first-order valence-electron chi connectivity index (χ1n) is 9.19. The SMILES string of the molecule is COc1ccc(-n2ncc(C(=O)N(C)CCOc3ccccc3C)c2C(F)(F)F)nn1. The van der Waals surface area contributed by atoms with Crippen molar-refractivity contribution in [2.75, 3.05) is 27.3 Å². The van der Waals surface area contributed by atoms with Gasteiger partial charge in [0.1, 0.15) is 12.4 Å². The molecule has 0 aliphatic rings. The van der Waals surface area contributed by atoms with E-state index in [-0.39, 0.29) is 24.8 Å². The molecule has 0 spiro atoms. The maximum Gasteiger partial charge on any atom is 0.434 e. The molecule has 0 bridgehead atoms. The zero-order chi connectivity index (χ0) is 22.6. The van der Waals surface area contributed by atoms with Crippen molar-refractivity contribution in [2.45, 2.75) is 13.1 Å². The molecule has 8 nitrogen and oxygen atoms in total. The van der Waals surface area contributed by atoms with Gasteiger partial charge in [-0.25, -0.2) is 4.68 Å². The molecule has 31 heavy (non-hydrogen) atoms. The Bertz CT molecular complexity index is 1050. The number of rotatable bonds is 7. The largest absolute Gasteiger partial charge is 0.491 e. The van der Waals surface area contributed by atoms with Gasteiger partial charge in [0, 0.05) is 13.1 Å². The summed E-state index contributed by atoms with van der Waals surface area (Å²) in [6.07, 6.45) is -3.97. The highest BCUT2D eigenvalue weighted by molar-refractivity contribution is 5.95. The van der Waals surface area contributed by atoms with Gasteiger partial charge in [0.2, 0.25) is 5.88 Å². The number of amides is 1. The van der Waals surface area contributed by atoms with Gasteiger partial charge in [-0.3, -0.25) is 4.79 Å². The molecule has 2 heterocycles. The molecule has 1 aromatic carbocycles. The van der Waals surface area contributed by atoms with Crippen LogP contribution in [0.5, 0.6) is 11.6 Å². The minimum absolute atomic E-state index is 0.0813. The molecule has 0 saturated heterocycles. The Morgan fingerprint density at radius 2 is 1.90 bits per heavy atom. The van der Waals surface area contributed by atoms with Crippen LogP contribution in [0.2, 0.25) is 0 Å². The fraction of sp³-hybridized carbons (Fsp3) is 0.300. The lowest BCUT2D eigenvalue weighted by Gasteiger charge is -2.19. The molecule has 11 heteroatoms. The van der Waals surface area contributed by atoms with Crippen molar-refractivity contribution in [2.24, 2.45) is 0 Å². The van der Waals surface area contributed by atoms with Crippen LogP contribution in [0.15, 0.2) is 42.6 Å². The van der Waals surface area contributed by atoms with Crippen LogP contribution in [-0.2, 0) is 6.18 Å². The molecule has 3 aromatic rings. The van der Waals surface area contributed by atoms with E-state index in [4.69, 9.17) is 9.47 Å². The van der Waals surface area contributed by atoms with Crippen LogP contribution in [0.1, 0.15) is 21.6 Å². The van der Waals surface area contributed by atoms with Crippen molar-refractivity contribution < 1.29 is 27.4 Å². The topological polar surface area (TPSA) is 82.4 Å². The summed E-state index contributed by atoms with van der Waals surface area (Å²) in [6.45, 7) is 2.07. The Labute approximate surface area is 176 Å². The van der Waals surface area contributed by atoms with Gasteiger partial charge in [0.25, 0.3) is 5.91 Å². The summed E-state index contributed by atoms with van der Waals surface area (Å²) in [7, 11) is 2.75. The molecular weight excluding hydrogens is 415 g/mol. The van der Waals surface area contributed by atoms with E-state index in [1.807, 2.05) is 25.1 Å². The summed E-state index contributed by atoms with van der Waals surface area (Å²) in [5.41, 5.74) is -0.912. The normalized spacial score (nSPS) is 11.3. The monoisotopic (exact) mass is 435 g/mol. The van der Waals surface area contributed by atoms with Crippen LogP contribution >= 0.6 is 0 Å². The van der Waals surface area contributed by atoms with E-state index >= 15 is 0 Å². The molecule has 1 amide bonds. The Hall–Kier alpha value is -3.63. The van der Waals surface area contributed by atoms with Gasteiger partial charge in [0.05, 0.1) is 25.4 Å². The average molecular weight is 435 g/mol. The van der Waals surface area contributed by atoms with Gasteiger partial charge in [-0.05, 0) is 24.6 Å². The van der Waals surface area contributed by atoms with E-state index in [0.29, 0.717) is 10.4 Å². The third-order valence-electron chi connectivity index (χ3n) is 4.44. The van der Waals surface area contributed by atoms with Crippen molar-refractivity contribution in [3.8, 4) is 17.4 Å². The first kappa shape index (κ1) is 22.1. The Kier molecular flexibility index (Phi) is 6.42. The third-order valence-corrected chi connectivity index (χ3v) is 4.44. The minimum atomic E-state index is -4.85. The van der Waals surface area contributed by atoms with Crippen molar-refractivity contribution in [3.05, 3.63) is 59.4 Å². The summed E-state index contributed by atoms with van der Waals surface area (Å²) < 4.78 is 52.4. The van der Waals surface area contributed by atoms with Crippen LogP contribution in [0.3, 0.4) is 0 Å². The summed E-state index contributed by atoms with van der Waals surface area (Å²) in [6, 6.07) is 9.93. The maximum absolute atomic E-state index is 13.8. The van der Waals surface area contributed by atoms with Gasteiger partial charge >= 0.3 is 6.18 Å². The first-order valence-corrected chi connectivity index (χ1v) is 9.19. The highest BCUT2D eigenvalue weighted by Gasteiger charge is 2.41. The van der Waals surface area contributed by atoms with Crippen LogP contribution < -0.4 is 9.47 Å².